The summed E-state index contributed by atoms with van der Waals surface area (Å²) in [5.74, 6) is 0.991. The van der Waals surface area contributed by atoms with Crippen molar-refractivity contribution >= 4 is 0 Å². The van der Waals surface area contributed by atoms with E-state index in [2.05, 4.69) is 24.0 Å². The number of rotatable bonds is 10. The lowest BCUT2D eigenvalue weighted by Crippen LogP contribution is -2.18. The summed E-state index contributed by atoms with van der Waals surface area (Å²) >= 11 is 0. The summed E-state index contributed by atoms with van der Waals surface area (Å²) in [6.45, 7) is 5.85. The highest BCUT2D eigenvalue weighted by atomic mass is 16.5. The molecular weight excluding hydrogens is 222 g/mol. The van der Waals surface area contributed by atoms with Gasteiger partial charge in [-0.2, -0.15) is 0 Å². The second-order valence-corrected chi connectivity index (χ2v) is 4.45. The Labute approximate surface area is 111 Å². The Hall–Kier alpha value is -1.28. The van der Waals surface area contributed by atoms with Crippen molar-refractivity contribution in [3.8, 4) is 5.75 Å². The summed E-state index contributed by atoms with van der Waals surface area (Å²) in [6.07, 6.45) is 7.96. The lowest BCUT2D eigenvalue weighted by Gasteiger charge is -2.08. The Bertz CT molecular complexity index is 336. The average molecular weight is 247 g/mol. The van der Waals surface area contributed by atoms with Crippen LogP contribution in [0.25, 0.3) is 0 Å². The molecule has 0 radical (unpaired) electrons. The van der Waals surface area contributed by atoms with Crippen molar-refractivity contribution in [1.82, 2.24) is 5.32 Å². The standard InChI is InChI=1S/C16H25NO/c1-3-4-5-6-9-13-17-14-12-15-10-7-8-11-16(15)18-2/h3,7-8,10-11,17H,1,4-6,9,12-14H2,2H3. The molecule has 0 spiro atoms. The molecule has 1 rings (SSSR count). The maximum absolute atomic E-state index is 5.33. The van der Waals surface area contributed by atoms with Crippen molar-refractivity contribution in [3.05, 3.63) is 42.5 Å². The number of benzene rings is 1. The quantitative estimate of drug-likeness (QED) is 0.504. The maximum Gasteiger partial charge on any atom is 0.122 e. The van der Waals surface area contributed by atoms with Gasteiger partial charge < -0.3 is 10.1 Å². The van der Waals surface area contributed by atoms with Gasteiger partial charge in [0, 0.05) is 0 Å². The van der Waals surface area contributed by atoms with Crippen LogP contribution in [0.2, 0.25) is 0 Å². The number of allylic oxidation sites excluding steroid dienone is 1. The first-order valence-electron chi connectivity index (χ1n) is 6.82. The molecule has 1 aromatic rings. The third kappa shape index (κ3) is 5.87. The molecule has 1 N–H and O–H groups in total. The molecule has 100 valence electrons. The number of nitrogens with one attached hydrogen (secondary N) is 1. The monoisotopic (exact) mass is 247 g/mol. The first kappa shape index (κ1) is 14.8. The predicted octanol–water partition coefficient (Wildman–Crippen LogP) is 3.57. The van der Waals surface area contributed by atoms with E-state index >= 15 is 0 Å². The van der Waals surface area contributed by atoms with E-state index in [0.717, 1.165) is 31.7 Å². The van der Waals surface area contributed by atoms with Crippen molar-refractivity contribution in [2.75, 3.05) is 20.2 Å². The van der Waals surface area contributed by atoms with Crippen molar-refractivity contribution in [3.63, 3.8) is 0 Å². The van der Waals surface area contributed by atoms with Gasteiger partial charge in [-0.3, -0.25) is 0 Å². The van der Waals surface area contributed by atoms with Crippen LogP contribution >= 0.6 is 0 Å². The van der Waals surface area contributed by atoms with Crippen LogP contribution in [0, 0.1) is 0 Å². The first-order valence-corrected chi connectivity index (χ1v) is 6.82. The zero-order valence-corrected chi connectivity index (χ0v) is 11.5. The largest absolute Gasteiger partial charge is 0.496 e. The molecule has 2 heteroatoms. The van der Waals surface area contributed by atoms with Crippen LogP contribution in [0.3, 0.4) is 0 Å². The van der Waals surface area contributed by atoms with E-state index in [9.17, 15) is 0 Å². The second kappa shape index (κ2) is 9.72. The van der Waals surface area contributed by atoms with Gasteiger partial charge in [0.15, 0.2) is 0 Å². The van der Waals surface area contributed by atoms with Gasteiger partial charge in [0.25, 0.3) is 0 Å². The van der Waals surface area contributed by atoms with Crippen molar-refractivity contribution in [2.45, 2.75) is 32.1 Å². The minimum absolute atomic E-state index is 0.991. The molecule has 0 saturated heterocycles. The van der Waals surface area contributed by atoms with Crippen molar-refractivity contribution in [1.29, 1.82) is 0 Å². The molecule has 0 amide bonds. The fourth-order valence-electron chi connectivity index (χ4n) is 1.97. The van der Waals surface area contributed by atoms with Gasteiger partial charge in [-0.05, 0) is 50.4 Å². The summed E-state index contributed by atoms with van der Waals surface area (Å²) in [5, 5.41) is 3.48. The fraction of sp³-hybridized carbons (Fsp3) is 0.500. The van der Waals surface area contributed by atoms with Crippen LogP contribution < -0.4 is 10.1 Å². The number of para-hydroxylation sites is 1. The summed E-state index contributed by atoms with van der Waals surface area (Å²) in [7, 11) is 1.73. The van der Waals surface area contributed by atoms with Crippen LogP contribution in [0.4, 0.5) is 0 Å². The van der Waals surface area contributed by atoms with Crippen LogP contribution in [0.15, 0.2) is 36.9 Å². The summed E-state index contributed by atoms with van der Waals surface area (Å²) in [5.41, 5.74) is 1.28. The van der Waals surface area contributed by atoms with Gasteiger partial charge in [0.05, 0.1) is 7.11 Å². The minimum atomic E-state index is 0.991. The zero-order valence-electron chi connectivity index (χ0n) is 11.5. The van der Waals surface area contributed by atoms with Gasteiger partial charge in [-0.25, -0.2) is 0 Å². The summed E-state index contributed by atoms with van der Waals surface area (Å²) in [6, 6.07) is 8.22. The highest BCUT2D eigenvalue weighted by molar-refractivity contribution is 5.33. The van der Waals surface area contributed by atoms with Crippen LogP contribution in [0.1, 0.15) is 31.2 Å². The van der Waals surface area contributed by atoms with E-state index in [4.69, 9.17) is 4.74 Å². The molecular formula is C16H25NO. The molecule has 0 atom stereocenters. The van der Waals surface area contributed by atoms with Crippen LogP contribution in [-0.4, -0.2) is 20.2 Å². The molecule has 0 unspecified atom stereocenters. The molecule has 0 aromatic heterocycles. The van der Waals surface area contributed by atoms with Crippen molar-refractivity contribution in [2.24, 2.45) is 0 Å². The Morgan fingerprint density at radius 3 is 2.78 bits per heavy atom. The summed E-state index contributed by atoms with van der Waals surface area (Å²) in [4.78, 5) is 0. The third-order valence-corrected chi connectivity index (χ3v) is 3.03. The van der Waals surface area contributed by atoms with Crippen LogP contribution in [-0.2, 0) is 6.42 Å². The zero-order chi connectivity index (χ0) is 13.1. The molecule has 18 heavy (non-hydrogen) atoms. The Balaban J connectivity index is 2.08. The molecule has 0 bridgehead atoms. The van der Waals surface area contributed by atoms with E-state index in [1.165, 1.54) is 24.8 Å². The highest BCUT2D eigenvalue weighted by Gasteiger charge is 2.00. The Morgan fingerprint density at radius 1 is 1.17 bits per heavy atom. The van der Waals surface area contributed by atoms with E-state index in [-0.39, 0.29) is 0 Å². The molecule has 1 aromatic carbocycles. The number of methoxy groups -OCH3 is 1. The van der Waals surface area contributed by atoms with Gasteiger partial charge in [-0.1, -0.05) is 30.7 Å². The topological polar surface area (TPSA) is 21.3 Å². The maximum atomic E-state index is 5.33. The van der Waals surface area contributed by atoms with Gasteiger partial charge in [0.1, 0.15) is 5.75 Å². The van der Waals surface area contributed by atoms with Gasteiger partial charge >= 0.3 is 0 Å². The predicted molar refractivity (Wildman–Crippen MR) is 78.2 cm³/mol. The molecule has 0 fully saturated rings. The molecule has 0 saturated carbocycles. The normalized spacial score (nSPS) is 10.3. The number of unbranched alkanes of at least 4 members (excludes halogenated alkanes) is 3. The van der Waals surface area contributed by atoms with Crippen molar-refractivity contribution < 1.29 is 4.74 Å². The third-order valence-electron chi connectivity index (χ3n) is 3.03. The van der Waals surface area contributed by atoms with E-state index in [1.807, 2.05) is 18.2 Å². The number of hydrogen-bond acceptors (Lipinski definition) is 2. The minimum Gasteiger partial charge on any atom is -0.496 e. The molecule has 2 nitrogen and oxygen atoms in total. The smallest absolute Gasteiger partial charge is 0.122 e. The Kier molecular flexibility index (Phi) is 7.98. The fourth-order valence-corrected chi connectivity index (χ4v) is 1.97. The molecule has 0 heterocycles. The van der Waals surface area contributed by atoms with E-state index < -0.39 is 0 Å². The lowest BCUT2D eigenvalue weighted by atomic mass is 10.1. The average Bonchev–Trinajstić information content (AvgIpc) is 2.42. The van der Waals surface area contributed by atoms with Crippen LogP contribution in [0.5, 0.6) is 5.75 Å². The first-order chi connectivity index (χ1) is 8.88. The lowest BCUT2D eigenvalue weighted by molar-refractivity contribution is 0.409. The second-order valence-electron chi connectivity index (χ2n) is 4.45. The van der Waals surface area contributed by atoms with E-state index in [0.29, 0.717) is 0 Å². The summed E-state index contributed by atoms with van der Waals surface area (Å²) < 4.78 is 5.33. The SMILES string of the molecule is C=CCCCCCNCCc1ccccc1OC. The molecule has 0 aliphatic carbocycles. The van der Waals surface area contributed by atoms with Gasteiger partial charge in [-0.15, -0.1) is 6.58 Å². The Morgan fingerprint density at radius 2 is 2.00 bits per heavy atom. The van der Waals surface area contributed by atoms with E-state index in [1.54, 1.807) is 7.11 Å². The molecule has 0 aliphatic heterocycles. The highest BCUT2D eigenvalue weighted by Crippen LogP contribution is 2.17. The number of hydrogen-bond donors (Lipinski definition) is 1. The number of ether oxygens (including phenoxy) is 1. The molecule has 0 aliphatic rings. The van der Waals surface area contributed by atoms with Gasteiger partial charge in [0.2, 0.25) is 0 Å².